The summed E-state index contributed by atoms with van der Waals surface area (Å²) in [5.41, 5.74) is 2.87. The molecule has 156 valence electrons. The molecule has 0 saturated carbocycles. The number of rotatable bonds is 8. The van der Waals surface area contributed by atoms with Crippen molar-refractivity contribution in [1.82, 2.24) is 10.1 Å². The van der Waals surface area contributed by atoms with Crippen LogP contribution in [-0.2, 0) is 22.6 Å². The number of hydrogen-bond donors (Lipinski definition) is 0. The van der Waals surface area contributed by atoms with E-state index in [-0.39, 0.29) is 19.1 Å². The number of para-hydroxylation sites is 1. The number of ether oxygens (including phenoxy) is 2. The van der Waals surface area contributed by atoms with Crippen LogP contribution in [0.3, 0.4) is 0 Å². The van der Waals surface area contributed by atoms with Crippen molar-refractivity contribution in [2.24, 2.45) is 0 Å². The summed E-state index contributed by atoms with van der Waals surface area (Å²) in [5.74, 6) is 0.675. The van der Waals surface area contributed by atoms with Gasteiger partial charge in [-0.05, 0) is 29.3 Å². The summed E-state index contributed by atoms with van der Waals surface area (Å²) in [6, 6.07) is 24.8. The number of carbonyl (C=O) groups excluding carboxylic acids is 1. The smallest absolute Gasteiger partial charge is 0.344 e. The molecule has 0 atom stereocenters. The van der Waals surface area contributed by atoms with E-state index in [1.807, 2.05) is 60.7 Å². The third-order valence-corrected chi connectivity index (χ3v) is 4.70. The van der Waals surface area contributed by atoms with Crippen LogP contribution in [0.1, 0.15) is 17.0 Å². The molecule has 0 radical (unpaired) electrons. The van der Waals surface area contributed by atoms with Gasteiger partial charge in [-0.2, -0.15) is 4.98 Å². The Kier molecular flexibility index (Phi) is 6.59. The lowest BCUT2D eigenvalue weighted by molar-refractivity contribution is -0.148. The van der Waals surface area contributed by atoms with Crippen molar-refractivity contribution in [3.8, 4) is 17.1 Å². The molecule has 0 bridgehead atoms. The van der Waals surface area contributed by atoms with E-state index in [1.165, 1.54) is 0 Å². The van der Waals surface area contributed by atoms with Crippen molar-refractivity contribution >= 4 is 17.6 Å². The van der Waals surface area contributed by atoms with Crippen LogP contribution in [0, 0.1) is 0 Å². The lowest BCUT2D eigenvalue weighted by Gasteiger charge is -2.11. The first kappa shape index (κ1) is 20.6. The van der Waals surface area contributed by atoms with Gasteiger partial charge in [0.2, 0.25) is 5.82 Å². The molecule has 0 amide bonds. The summed E-state index contributed by atoms with van der Waals surface area (Å²) >= 11 is 5.98. The molecule has 1 aromatic heterocycles. The minimum absolute atomic E-state index is 0.137. The van der Waals surface area contributed by atoms with Gasteiger partial charge in [-0.15, -0.1) is 0 Å². The minimum Gasteiger partial charge on any atom is -0.482 e. The van der Waals surface area contributed by atoms with Gasteiger partial charge in [0, 0.05) is 17.0 Å². The number of hydrogen-bond acceptors (Lipinski definition) is 6. The quantitative estimate of drug-likeness (QED) is 0.359. The molecular formula is C24H19ClN2O4. The Morgan fingerprint density at radius 2 is 1.77 bits per heavy atom. The van der Waals surface area contributed by atoms with E-state index >= 15 is 0 Å². The number of esters is 1. The van der Waals surface area contributed by atoms with Crippen molar-refractivity contribution in [2.45, 2.75) is 13.0 Å². The lowest BCUT2D eigenvalue weighted by atomic mass is 10.0. The third-order valence-electron chi connectivity index (χ3n) is 4.46. The zero-order chi connectivity index (χ0) is 21.5. The van der Waals surface area contributed by atoms with Gasteiger partial charge in [-0.25, -0.2) is 4.79 Å². The van der Waals surface area contributed by atoms with Gasteiger partial charge >= 0.3 is 5.97 Å². The van der Waals surface area contributed by atoms with E-state index in [0.29, 0.717) is 28.6 Å². The topological polar surface area (TPSA) is 74.5 Å². The molecule has 3 aromatic carbocycles. The van der Waals surface area contributed by atoms with Gasteiger partial charge in [0.15, 0.2) is 13.2 Å². The van der Waals surface area contributed by atoms with Crippen LogP contribution in [0.15, 0.2) is 83.4 Å². The second-order valence-corrected chi connectivity index (χ2v) is 7.18. The normalized spacial score (nSPS) is 10.6. The van der Waals surface area contributed by atoms with Crippen LogP contribution < -0.4 is 4.74 Å². The number of halogens is 1. The monoisotopic (exact) mass is 434 g/mol. The Morgan fingerprint density at radius 3 is 2.61 bits per heavy atom. The molecule has 1 heterocycles. The molecule has 0 aliphatic heterocycles. The van der Waals surface area contributed by atoms with Gasteiger partial charge in [0.05, 0.1) is 0 Å². The van der Waals surface area contributed by atoms with Crippen molar-refractivity contribution < 1.29 is 18.8 Å². The summed E-state index contributed by atoms with van der Waals surface area (Å²) in [6.45, 7) is -0.359. The van der Waals surface area contributed by atoms with E-state index in [2.05, 4.69) is 10.1 Å². The van der Waals surface area contributed by atoms with Crippen LogP contribution in [0.25, 0.3) is 11.4 Å². The molecule has 0 aliphatic carbocycles. The Morgan fingerprint density at radius 1 is 0.968 bits per heavy atom. The van der Waals surface area contributed by atoms with E-state index < -0.39 is 5.97 Å². The van der Waals surface area contributed by atoms with Crippen molar-refractivity contribution in [1.29, 1.82) is 0 Å². The Bertz CT molecular complexity index is 1160. The molecule has 0 fully saturated rings. The molecule has 4 rings (SSSR count). The average molecular weight is 435 g/mol. The lowest BCUT2D eigenvalue weighted by Crippen LogP contribution is -2.15. The zero-order valence-electron chi connectivity index (χ0n) is 16.5. The highest BCUT2D eigenvalue weighted by Gasteiger charge is 2.13. The van der Waals surface area contributed by atoms with Crippen LogP contribution in [0.2, 0.25) is 5.02 Å². The van der Waals surface area contributed by atoms with Crippen molar-refractivity contribution in [2.75, 3.05) is 6.61 Å². The Hall–Kier alpha value is -3.64. The van der Waals surface area contributed by atoms with E-state index in [0.717, 1.165) is 11.1 Å². The largest absolute Gasteiger partial charge is 0.482 e. The maximum atomic E-state index is 12.1. The van der Waals surface area contributed by atoms with E-state index in [1.54, 1.807) is 18.2 Å². The van der Waals surface area contributed by atoms with Gasteiger partial charge in [-0.1, -0.05) is 77.4 Å². The molecule has 0 unspecified atom stereocenters. The van der Waals surface area contributed by atoms with E-state index in [4.69, 9.17) is 25.6 Å². The maximum Gasteiger partial charge on any atom is 0.344 e. The zero-order valence-corrected chi connectivity index (χ0v) is 17.3. The third kappa shape index (κ3) is 5.71. The fourth-order valence-electron chi connectivity index (χ4n) is 2.99. The number of aromatic nitrogens is 2. The predicted molar refractivity (Wildman–Crippen MR) is 116 cm³/mol. The molecule has 4 aromatic rings. The SMILES string of the molecule is O=C(COc1ccccc1Cc1ccccc1)OCc1nc(-c2cccc(Cl)c2)no1. The number of carbonyl (C=O) groups is 1. The van der Waals surface area contributed by atoms with Crippen LogP contribution in [-0.4, -0.2) is 22.7 Å². The van der Waals surface area contributed by atoms with Crippen LogP contribution in [0.5, 0.6) is 5.75 Å². The van der Waals surface area contributed by atoms with E-state index in [9.17, 15) is 4.79 Å². The standard InChI is InChI=1S/C24H19ClN2O4/c25-20-11-6-10-19(14-20)24-26-22(31-27-24)15-30-23(28)16-29-21-12-5-4-9-18(21)13-17-7-2-1-3-8-17/h1-12,14H,13,15-16H2. The highest BCUT2D eigenvalue weighted by atomic mass is 35.5. The molecule has 7 heteroatoms. The Balaban J connectivity index is 1.30. The maximum absolute atomic E-state index is 12.1. The fourth-order valence-corrected chi connectivity index (χ4v) is 3.18. The molecular weight excluding hydrogens is 416 g/mol. The molecule has 31 heavy (non-hydrogen) atoms. The summed E-state index contributed by atoms with van der Waals surface area (Å²) < 4.78 is 16.0. The first-order valence-corrected chi connectivity index (χ1v) is 10.0. The Labute approximate surface area is 184 Å². The van der Waals surface area contributed by atoms with Gasteiger partial charge in [-0.3, -0.25) is 0 Å². The highest BCUT2D eigenvalue weighted by Crippen LogP contribution is 2.22. The minimum atomic E-state index is -0.531. The second-order valence-electron chi connectivity index (χ2n) is 6.74. The summed E-state index contributed by atoms with van der Waals surface area (Å²) in [7, 11) is 0. The average Bonchev–Trinajstić information content (AvgIpc) is 3.27. The summed E-state index contributed by atoms with van der Waals surface area (Å²) in [5, 5.41) is 4.45. The molecule has 0 spiro atoms. The second kappa shape index (κ2) is 9.91. The summed E-state index contributed by atoms with van der Waals surface area (Å²) in [6.07, 6.45) is 0.709. The van der Waals surface area contributed by atoms with Gasteiger partial charge < -0.3 is 14.0 Å². The van der Waals surface area contributed by atoms with Gasteiger partial charge in [0.1, 0.15) is 5.75 Å². The summed E-state index contributed by atoms with van der Waals surface area (Å²) in [4.78, 5) is 16.3. The molecule has 0 saturated heterocycles. The predicted octanol–water partition coefficient (Wildman–Crippen LogP) is 5.10. The number of nitrogens with zero attached hydrogens (tertiary/aromatic N) is 2. The molecule has 6 nitrogen and oxygen atoms in total. The molecule has 0 N–H and O–H groups in total. The van der Waals surface area contributed by atoms with Crippen molar-refractivity contribution in [3.63, 3.8) is 0 Å². The highest BCUT2D eigenvalue weighted by molar-refractivity contribution is 6.30. The van der Waals surface area contributed by atoms with Crippen molar-refractivity contribution in [3.05, 3.63) is 101 Å². The number of benzene rings is 3. The molecule has 0 aliphatic rings. The first-order valence-electron chi connectivity index (χ1n) is 9.66. The van der Waals surface area contributed by atoms with Crippen LogP contribution >= 0.6 is 11.6 Å². The van der Waals surface area contributed by atoms with Crippen LogP contribution in [0.4, 0.5) is 0 Å². The van der Waals surface area contributed by atoms with Gasteiger partial charge in [0.25, 0.3) is 5.89 Å². The fraction of sp³-hybridized carbons (Fsp3) is 0.125. The first-order chi connectivity index (χ1) is 15.2.